The van der Waals surface area contributed by atoms with Gasteiger partial charge >= 0.3 is 0 Å². The highest BCUT2D eigenvalue weighted by atomic mass is 32.2. The maximum Gasteiger partial charge on any atom is 0.264 e. The molecule has 3 aliphatic rings. The van der Waals surface area contributed by atoms with Crippen LogP contribution < -0.4 is 19.7 Å². The lowest BCUT2D eigenvalue weighted by Gasteiger charge is -2.43. The van der Waals surface area contributed by atoms with Crippen molar-refractivity contribution < 1.29 is 14.3 Å². The molecule has 2 atom stereocenters. The molecule has 4 aromatic rings. The minimum atomic E-state index is -0.167. The van der Waals surface area contributed by atoms with Crippen LogP contribution in [0.2, 0.25) is 0 Å². The van der Waals surface area contributed by atoms with Gasteiger partial charge in [0, 0.05) is 30.6 Å². The highest BCUT2D eigenvalue weighted by Crippen LogP contribution is 2.50. The lowest BCUT2D eigenvalue weighted by molar-refractivity contribution is -0.115. The van der Waals surface area contributed by atoms with Gasteiger partial charge in [0.1, 0.15) is 6.61 Å². The van der Waals surface area contributed by atoms with Crippen LogP contribution in [-0.4, -0.2) is 37.9 Å². The Morgan fingerprint density at radius 1 is 0.911 bits per heavy atom. The Kier molecular flexibility index (Phi) is 8.18. The lowest BCUT2D eigenvalue weighted by atomic mass is 9.76. The molecule has 4 aromatic carbocycles. The fourth-order valence-electron chi connectivity index (χ4n) is 6.70. The molecule has 0 unspecified atom stereocenters. The smallest absolute Gasteiger partial charge is 0.264 e. The van der Waals surface area contributed by atoms with Crippen molar-refractivity contribution in [3.63, 3.8) is 0 Å². The number of nitrogens with one attached hydrogen (secondary N) is 1. The number of benzene rings is 4. The molecular formula is C38H35N3O3S. The van der Waals surface area contributed by atoms with Gasteiger partial charge in [0.25, 0.3) is 5.91 Å². The van der Waals surface area contributed by atoms with Gasteiger partial charge in [-0.15, -0.1) is 0 Å². The Balaban J connectivity index is 1.25. The third-order valence-corrected chi connectivity index (χ3v) is 9.63. The van der Waals surface area contributed by atoms with Gasteiger partial charge in [0.05, 0.1) is 17.7 Å². The van der Waals surface area contributed by atoms with Gasteiger partial charge < -0.3 is 19.7 Å². The molecular weight excluding hydrogens is 579 g/mol. The second kappa shape index (κ2) is 12.7. The second-order valence-corrected chi connectivity index (χ2v) is 12.5. The molecule has 3 heterocycles. The molecule has 1 fully saturated rings. The van der Waals surface area contributed by atoms with E-state index in [4.69, 9.17) is 14.5 Å². The van der Waals surface area contributed by atoms with Crippen LogP contribution in [0.3, 0.4) is 0 Å². The van der Waals surface area contributed by atoms with Crippen molar-refractivity contribution >= 4 is 40.3 Å². The summed E-state index contributed by atoms with van der Waals surface area (Å²) >= 11 is 1.35. The number of anilines is 1. The van der Waals surface area contributed by atoms with Crippen molar-refractivity contribution in [2.45, 2.75) is 24.7 Å². The molecule has 0 spiro atoms. The highest BCUT2D eigenvalue weighted by molar-refractivity contribution is 8.18. The van der Waals surface area contributed by atoms with Gasteiger partial charge in [0.15, 0.2) is 16.7 Å². The molecule has 226 valence electrons. The number of thioether (sulfide) groups is 1. The van der Waals surface area contributed by atoms with Crippen molar-refractivity contribution in [3.8, 4) is 11.5 Å². The van der Waals surface area contributed by atoms with Gasteiger partial charge in [-0.25, -0.2) is 4.99 Å². The summed E-state index contributed by atoms with van der Waals surface area (Å²) in [5.74, 6) is 1.64. The van der Waals surface area contributed by atoms with Crippen molar-refractivity contribution in [3.05, 3.63) is 136 Å². The van der Waals surface area contributed by atoms with E-state index in [1.807, 2.05) is 24.3 Å². The van der Waals surface area contributed by atoms with Crippen molar-refractivity contribution in [1.82, 2.24) is 5.32 Å². The average molecular weight is 614 g/mol. The number of hydrogen-bond donors (Lipinski definition) is 1. The number of ether oxygens (including phenoxy) is 2. The normalized spacial score (nSPS) is 20.6. The molecule has 0 radical (unpaired) electrons. The van der Waals surface area contributed by atoms with Gasteiger partial charge in [-0.3, -0.25) is 4.79 Å². The number of aliphatic imine (C=N–C) groups is 1. The molecule has 0 bridgehead atoms. The van der Waals surface area contributed by atoms with E-state index < -0.39 is 0 Å². The molecule has 7 heteroatoms. The molecule has 1 N–H and O–H groups in total. The first-order chi connectivity index (χ1) is 22.1. The lowest BCUT2D eigenvalue weighted by Crippen LogP contribution is -2.37. The molecule has 6 nitrogen and oxygen atoms in total. The van der Waals surface area contributed by atoms with E-state index in [0.29, 0.717) is 40.0 Å². The minimum Gasteiger partial charge on any atom is -0.493 e. The third-order valence-electron chi connectivity index (χ3n) is 8.72. The fourth-order valence-corrected chi connectivity index (χ4v) is 7.54. The zero-order valence-corrected chi connectivity index (χ0v) is 26.1. The van der Waals surface area contributed by atoms with Crippen molar-refractivity contribution in [2.24, 2.45) is 4.99 Å². The monoisotopic (exact) mass is 613 g/mol. The highest BCUT2D eigenvalue weighted by Gasteiger charge is 2.35. The number of carbonyl (C=O) groups excluding carboxylic acids is 1. The van der Waals surface area contributed by atoms with E-state index in [-0.39, 0.29) is 5.91 Å². The maximum absolute atomic E-state index is 13.1. The predicted molar refractivity (Wildman–Crippen MR) is 184 cm³/mol. The van der Waals surface area contributed by atoms with Crippen molar-refractivity contribution in [2.75, 3.05) is 31.7 Å². The first kappa shape index (κ1) is 29.0. The van der Waals surface area contributed by atoms with E-state index in [0.717, 1.165) is 37.2 Å². The standard InChI is InChI=1S/C38H35N3O3S/c1-3-20-44-33-15-14-25(21-34(33)43-2)22-35-37(42)40-38(45-35)39-28-23-31-29(26-10-6-4-7-11-26)16-18-41-19-17-30(32(24-28)36(31)41)27-12-8-5-9-13-27/h3-15,21-24,29-30H,1,16-20H2,2H3,(H,39,40,42)/b35-22-/t29-,30+. The topological polar surface area (TPSA) is 63.2 Å². The number of hydrogen-bond acceptors (Lipinski definition) is 6. The first-order valence-electron chi connectivity index (χ1n) is 15.3. The summed E-state index contributed by atoms with van der Waals surface area (Å²) in [5, 5.41) is 3.57. The minimum absolute atomic E-state index is 0.167. The predicted octanol–water partition coefficient (Wildman–Crippen LogP) is 8.03. The summed E-state index contributed by atoms with van der Waals surface area (Å²) in [6.45, 7) is 6.17. The second-order valence-electron chi connectivity index (χ2n) is 11.5. The third kappa shape index (κ3) is 5.88. The maximum atomic E-state index is 13.1. The van der Waals surface area contributed by atoms with Crippen LogP contribution in [-0.2, 0) is 4.79 Å². The van der Waals surface area contributed by atoms with Gasteiger partial charge in [-0.2, -0.15) is 0 Å². The molecule has 0 aromatic heterocycles. The van der Waals surface area contributed by atoms with Gasteiger partial charge in [-0.1, -0.05) is 79.4 Å². The molecule has 1 amide bonds. The van der Waals surface area contributed by atoms with Gasteiger partial charge in [-0.05, 0) is 82.8 Å². The van der Waals surface area contributed by atoms with Gasteiger partial charge in [0.2, 0.25) is 0 Å². The summed E-state index contributed by atoms with van der Waals surface area (Å²) < 4.78 is 11.2. The molecule has 1 saturated heterocycles. The van der Waals surface area contributed by atoms with E-state index in [1.165, 1.54) is 39.7 Å². The molecule has 0 saturated carbocycles. The summed E-state index contributed by atoms with van der Waals surface area (Å²) in [4.78, 5) is 21.2. The number of amides is 1. The van der Waals surface area contributed by atoms with Crippen LogP contribution >= 0.6 is 11.8 Å². The van der Waals surface area contributed by atoms with E-state index in [9.17, 15) is 4.79 Å². The van der Waals surface area contributed by atoms with Crippen LogP contribution in [0.5, 0.6) is 11.5 Å². The summed E-state index contributed by atoms with van der Waals surface area (Å²) in [7, 11) is 1.60. The first-order valence-corrected chi connectivity index (χ1v) is 16.2. The number of rotatable bonds is 8. The number of nitrogens with zero attached hydrogens (tertiary/aromatic N) is 2. The van der Waals surface area contributed by atoms with E-state index >= 15 is 0 Å². The van der Waals surface area contributed by atoms with Crippen molar-refractivity contribution in [1.29, 1.82) is 0 Å². The van der Waals surface area contributed by atoms with Crippen LogP contribution in [0.15, 0.2) is 114 Å². The Morgan fingerprint density at radius 2 is 1.56 bits per heavy atom. The molecule has 45 heavy (non-hydrogen) atoms. The number of methoxy groups -OCH3 is 1. The molecule has 3 aliphatic heterocycles. The zero-order valence-electron chi connectivity index (χ0n) is 25.2. The quantitative estimate of drug-likeness (QED) is 0.161. The molecule has 7 rings (SSSR count). The summed E-state index contributed by atoms with van der Waals surface area (Å²) in [5.41, 5.74) is 8.36. The van der Waals surface area contributed by atoms with Crippen LogP contribution in [0.4, 0.5) is 11.4 Å². The Labute approximate surface area is 268 Å². The van der Waals surface area contributed by atoms with Crippen LogP contribution in [0.1, 0.15) is 52.5 Å². The van der Waals surface area contributed by atoms with Crippen LogP contribution in [0, 0.1) is 0 Å². The number of amidine groups is 1. The SMILES string of the molecule is C=CCOc1ccc(/C=C2\SC(=Nc3cc4c5c(c3)[C@H](c3ccccc3)CCN5CC[C@@H]4c3ccccc3)NC2=O)cc1OC. The van der Waals surface area contributed by atoms with E-state index in [1.54, 1.807) is 13.2 Å². The van der Waals surface area contributed by atoms with E-state index in [2.05, 4.69) is 89.6 Å². The average Bonchev–Trinajstić information content (AvgIpc) is 3.42. The van der Waals surface area contributed by atoms with Crippen LogP contribution in [0.25, 0.3) is 6.08 Å². The molecule has 0 aliphatic carbocycles. The zero-order chi connectivity index (χ0) is 30.8. The summed E-state index contributed by atoms with van der Waals surface area (Å²) in [6, 6.07) is 31.7. The Morgan fingerprint density at radius 3 is 2.16 bits per heavy atom. The largest absolute Gasteiger partial charge is 0.493 e. The Hall–Kier alpha value is -4.75. The fraction of sp³-hybridized carbons (Fsp3) is 0.211. The Bertz CT molecular complexity index is 1730. The summed E-state index contributed by atoms with van der Waals surface area (Å²) in [6.07, 6.45) is 5.66. The number of carbonyl (C=O) groups is 1.